The van der Waals surface area contributed by atoms with E-state index in [1.807, 2.05) is 21.1 Å². The smallest absolute Gasteiger partial charge is 0.411 e. The van der Waals surface area contributed by atoms with Crippen LogP contribution in [0.3, 0.4) is 0 Å². The Morgan fingerprint density at radius 3 is 2.19 bits per heavy atom. The van der Waals surface area contributed by atoms with Gasteiger partial charge in [-0.2, -0.15) is 0 Å². The fourth-order valence-corrected chi connectivity index (χ4v) is 4.45. The van der Waals surface area contributed by atoms with Gasteiger partial charge in [0, 0.05) is 5.69 Å². The molecule has 3 N–H and O–H groups in total. The standard InChI is InChI=1S/C22H37N3O6S/c1-5-6-7-8-9-10-15-31-22(28)23-18-11-13-20(14-12-18)32(29,30)24-19(16-21(26)27)17-25(2,3)4/h11-14,19,24H,5-10,15-17H2,1-4H3,(H-,23,26,27,28)/p+1. The Morgan fingerprint density at radius 2 is 1.62 bits per heavy atom. The first-order valence-electron chi connectivity index (χ1n) is 11.0. The lowest BCUT2D eigenvalue weighted by Gasteiger charge is -2.29. The predicted octanol–water partition coefficient (Wildman–Crippen LogP) is 3.42. The van der Waals surface area contributed by atoms with Gasteiger partial charge >= 0.3 is 12.1 Å². The highest BCUT2D eigenvalue weighted by Gasteiger charge is 2.27. The summed E-state index contributed by atoms with van der Waals surface area (Å²) < 4.78 is 33.4. The molecule has 0 aliphatic carbocycles. The highest BCUT2D eigenvalue weighted by molar-refractivity contribution is 7.89. The van der Waals surface area contributed by atoms with Gasteiger partial charge in [-0.05, 0) is 30.7 Å². The number of carboxylic acid groups (broad SMARTS) is 1. The topological polar surface area (TPSA) is 122 Å². The van der Waals surface area contributed by atoms with Crippen LogP contribution in [0.4, 0.5) is 10.5 Å². The number of nitrogens with one attached hydrogen (secondary N) is 2. The molecule has 32 heavy (non-hydrogen) atoms. The van der Waals surface area contributed by atoms with Crippen LogP contribution in [0.2, 0.25) is 0 Å². The number of quaternary nitrogens is 1. The van der Waals surface area contributed by atoms with Crippen molar-refractivity contribution in [2.24, 2.45) is 0 Å². The molecule has 1 aromatic carbocycles. The van der Waals surface area contributed by atoms with Crippen molar-refractivity contribution in [3.8, 4) is 0 Å². The average Bonchev–Trinajstić information content (AvgIpc) is 2.65. The van der Waals surface area contributed by atoms with E-state index in [4.69, 9.17) is 9.84 Å². The van der Waals surface area contributed by atoms with Crippen LogP contribution in [-0.4, -0.2) is 70.4 Å². The van der Waals surface area contributed by atoms with Crippen molar-refractivity contribution in [2.45, 2.75) is 62.8 Å². The Balaban J connectivity index is 2.59. The summed E-state index contributed by atoms with van der Waals surface area (Å²) in [5.41, 5.74) is 0.408. The van der Waals surface area contributed by atoms with Crippen molar-refractivity contribution in [1.82, 2.24) is 4.72 Å². The van der Waals surface area contributed by atoms with Crippen molar-refractivity contribution >= 4 is 27.8 Å². The maximum Gasteiger partial charge on any atom is 0.411 e. The molecular formula is C22H38N3O6S+. The Morgan fingerprint density at radius 1 is 1.03 bits per heavy atom. The molecule has 0 aliphatic heterocycles. The van der Waals surface area contributed by atoms with Crippen molar-refractivity contribution in [3.63, 3.8) is 0 Å². The molecule has 1 aromatic rings. The second kappa shape index (κ2) is 13.4. The number of ether oxygens (including phenoxy) is 1. The molecule has 0 bridgehead atoms. The summed E-state index contributed by atoms with van der Waals surface area (Å²) in [5, 5.41) is 11.7. The number of unbranched alkanes of at least 4 members (excludes halogenated alkanes) is 5. The molecule has 0 saturated carbocycles. The van der Waals surface area contributed by atoms with Crippen molar-refractivity contribution in [3.05, 3.63) is 24.3 Å². The lowest BCUT2D eigenvalue weighted by molar-refractivity contribution is -0.871. The number of anilines is 1. The monoisotopic (exact) mass is 472 g/mol. The summed E-state index contributed by atoms with van der Waals surface area (Å²) >= 11 is 0. The predicted molar refractivity (Wildman–Crippen MR) is 124 cm³/mol. The lowest BCUT2D eigenvalue weighted by Crippen LogP contribution is -2.49. The first kappa shape index (κ1) is 27.9. The van der Waals surface area contributed by atoms with E-state index in [1.165, 1.54) is 43.5 Å². The van der Waals surface area contributed by atoms with Crippen LogP contribution in [0.5, 0.6) is 0 Å². The molecule has 1 unspecified atom stereocenters. The van der Waals surface area contributed by atoms with Crippen LogP contribution < -0.4 is 10.0 Å². The number of nitrogens with zero attached hydrogens (tertiary/aromatic N) is 1. The van der Waals surface area contributed by atoms with E-state index < -0.39 is 28.1 Å². The highest BCUT2D eigenvalue weighted by Crippen LogP contribution is 2.16. The fourth-order valence-electron chi connectivity index (χ4n) is 3.22. The minimum absolute atomic E-state index is 0.0136. The second-order valence-corrected chi connectivity index (χ2v) is 10.7. The number of hydrogen-bond acceptors (Lipinski definition) is 5. The van der Waals surface area contributed by atoms with Gasteiger partial charge < -0.3 is 14.3 Å². The maximum absolute atomic E-state index is 12.7. The van der Waals surface area contributed by atoms with E-state index in [9.17, 15) is 18.0 Å². The van der Waals surface area contributed by atoms with E-state index in [0.717, 1.165) is 19.3 Å². The van der Waals surface area contributed by atoms with Gasteiger partial charge in [0.2, 0.25) is 10.0 Å². The van der Waals surface area contributed by atoms with Gasteiger partial charge in [0.25, 0.3) is 0 Å². The van der Waals surface area contributed by atoms with Gasteiger partial charge in [-0.3, -0.25) is 10.1 Å². The summed E-state index contributed by atoms with van der Waals surface area (Å²) in [5.74, 6) is -1.08. The van der Waals surface area contributed by atoms with Gasteiger partial charge in [-0.1, -0.05) is 39.0 Å². The zero-order chi connectivity index (χ0) is 24.2. The van der Waals surface area contributed by atoms with Gasteiger partial charge in [-0.15, -0.1) is 0 Å². The maximum atomic E-state index is 12.7. The van der Waals surface area contributed by atoms with Crippen LogP contribution in [0, 0.1) is 0 Å². The van der Waals surface area contributed by atoms with Crippen LogP contribution in [0.1, 0.15) is 51.9 Å². The number of rotatable bonds is 15. The molecule has 1 rings (SSSR count). The van der Waals surface area contributed by atoms with E-state index in [1.54, 1.807) is 0 Å². The minimum Gasteiger partial charge on any atom is -0.481 e. The number of amides is 1. The molecule has 0 saturated heterocycles. The summed E-state index contributed by atoms with van der Waals surface area (Å²) in [6, 6.07) is 4.89. The quantitative estimate of drug-likeness (QED) is 0.266. The second-order valence-electron chi connectivity index (χ2n) is 8.94. The molecule has 10 heteroatoms. The molecular weight excluding hydrogens is 434 g/mol. The van der Waals surface area contributed by atoms with Crippen LogP contribution in [0.15, 0.2) is 29.2 Å². The summed E-state index contributed by atoms with van der Waals surface area (Å²) in [4.78, 5) is 23.0. The molecule has 0 fully saturated rings. The Bertz CT molecular complexity index is 819. The van der Waals surface area contributed by atoms with Gasteiger partial charge in [0.1, 0.15) is 0 Å². The first-order chi connectivity index (χ1) is 14.9. The van der Waals surface area contributed by atoms with E-state index in [2.05, 4.69) is 17.0 Å². The normalized spacial score (nSPS) is 12.9. The van der Waals surface area contributed by atoms with Crippen LogP contribution in [0.25, 0.3) is 0 Å². The molecule has 0 spiro atoms. The number of benzene rings is 1. The highest BCUT2D eigenvalue weighted by atomic mass is 32.2. The van der Waals surface area contributed by atoms with Crippen molar-refractivity contribution in [2.75, 3.05) is 39.6 Å². The van der Waals surface area contributed by atoms with E-state index in [0.29, 0.717) is 23.3 Å². The minimum atomic E-state index is -3.92. The average molecular weight is 473 g/mol. The number of carboxylic acids is 1. The summed E-state index contributed by atoms with van der Waals surface area (Å²) in [7, 11) is 1.65. The van der Waals surface area contributed by atoms with Crippen molar-refractivity contribution < 1.29 is 32.3 Å². The third-order valence-electron chi connectivity index (χ3n) is 4.65. The lowest BCUT2D eigenvalue weighted by atomic mass is 10.1. The third-order valence-corrected chi connectivity index (χ3v) is 6.19. The number of hydrogen-bond donors (Lipinski definition) is 3. The van der Waals surface area contributed by atoms with Crippen molar-refractivity contribution in [1.29, 1.82) is 0 Å². The third kappa shape index (κ3) is 12.0. The number of sulfonamides is 1. The molecule has 9 nitrogen and oxygen atoms in total. The summed E-state index contributed by atoms with van der Waals surface area (Å²) in [6.07, 6.45) is 5.65. The molecule has 182 valence electrons. The van der Waals surface area contributed by atoms with Gasteiger partial charge in [-0.25, -0.2) is 17.9 Å². The Labute approximate surface area is 191 Å². The first-order valence-corrected chi connectivity index (χ1v) is 12.5. The van der Waals surface area contributed by atoms with Crippen LogP contribution in [-0.2, 0) is 19.6 Å². The molecule has 0 radical (unpaired) electrons. The number of aliphatic carboxylic acids is 1. The molecule has 0 aromatic heterocycles. The summed E-state index contributed by atoms with van der Waals surface area (Å²) in [6.45, 7) is 2.82. The van der Waals surface area contributed by atoms with Crippen LogP contribution >= 0.6 is 0 Å². The number of carbonyl (C=O) groups is 2. The largest absolute Gasteiger partial charge is 0.481 e. The molecule has 1 amide bonds. The Hall–Kier alpha value is -2.17. The Kier molecular flexibility index (Phi) is 11.7. The van der Waals surface area contributed by atoms with E-state index in [-0.39, 0.29) is 11.3 Å². The number of likely N-dealkylation sites (N-methyl/N-ethyl adjacent to an activating group) is 1. The van der Waals surface area contributed by atoms with Gasteiger partial charge in [0.15, 0.2) is 0 Å². The molecule has 1 atom stereocenters. The number of carbonyl (C=O) groups excluding carboxylic acids is 1. The zero-order valence-corrected chi connectivity index (χ0v) is 20.4. The fraction of sp³-hybridized carbons (Fsp3) is 0.636. The molecule has 0 aliphatic rings. The van der Waals surface area contributed by atoms with Gasteiger partial charge in [0.05, 0.1) is 51.7 Å². The SMILES string of the molecule is CCCCCCCCOC(=O)Nc1ccc(S(=O)(=O)NC(CC(=O)O)C[N+](C)(C)C)cc1. The zero-order valence-electron chi connectivity index (χ0n) is 19.6. The van der Waals surface area contributed by atoms with E-state index >= 15 is 0 Å². The molecule has 0 heterocycles.